The lowest BCUT2D eigenvalue weighted by Crippen LogP contribution is -2.62. The number of rotatable bonds is 14. The van der Waals surface area contributed by atoms with Crippen molar-refractivity contribution >= 4 is 37.6 Å². The molecule has 0 heterocycles. The van der Waals surface area contributed by atoms with E-state index < -0.39 is 37.6 Å². The van der Waals surface area contributed by atoms with Crippen LogP contribution < -0.4 is 0 Å². The molecule has 0 aliphatic rings. The highest BCUT2D eigenvalue weighted by Gasteiger charge is 2.58. The van der Waals surface area contributed by atoms with Crippen LogP contribution in [0.1, 0.15) is 27.7 Å². The van der Waals surface area contributed by atoms with E-state index in [1.807, 2.05) is 40.8 Å². The zero-order valence-electron chi connectivity index (χ0n) is 14.1. The Hall–Kier alpha value is 0.588. The average molecular weight is 375 g/mol. The Kier molecular flexibility index (Phi) is 12.4. The summed E-state index contributed by atoms with van der Waals surface area (Å²) in [6.45, 7) is 13.3. The van der Waals surface area contributed by atoms with Crippen LogP contribution in [-0.4, -0.2) is 64.0 Å². The van der Waals surface area contributed by atoms with Crippen LogP contribution in [0.3, 0.4) is 0 Å². The highest BCUT2D eigenvalue weighted by molar-refractivity contribution is 6.72. The Morgan fingerprint density at radius 3 is 1.10 bits per heavy atom. The molecule has 0 radical (unpaired) electrons. The first-order valence-electron chi connectivity index (χ1n) is 7.61. The van der Waals surface area contributed by atoms with Crippen LogP contribution >= 0.6 is 0 Å². The van der Waals surface area contributed by atoms with Crippen molar-refractivity contribution in [1.82, 2.24) is 0 Å². The SMILES string of the molecule is CCO[Si](OCC)(O[SiH2]C)O[Si](OCC)(OCC)O[SiH2]C. The van der Waals surface area contributed by atoms with Gasteiger partial charge in [0.05, 0.1) is 0 Å². The minimum atomic E-state index is -3.27. The smallest absolute Gasteiger partial charge is 0.400 e. The zero-order valence-corrected chi connectivity index (χ0v) is 18.9. The molecule has 0 fully saturated rings. The largest absolute Gasteiger partial charge is 0.662 e. The van der Waals surface area contributed by atoms with Crippen LogP contribution in [0.4, 0.5) is 0 Å². The van der Waals surface area contributed by atoms with Crippen LogP contribution in [0.2, 0.25) is 13.1 Å². The maximum absolute atomic E-state index is 6.08. The fraction of sp³-hybridized carbons (Fsp3) is 1.00. The Bertz CT molecular complexity index is 202. The second kappa shape index (κ2) is 12.1. The molecule has 0 aliphatic carbocycles. The summed E-state index contributed by atoms with van der Waals surface area (Å²) < 4.78 is 40.6. The van der Waals surface area contributed by atoms with Gasteiger partial charge in [-0.3, -0.25) is 0 Å². The minimum Gasteiger partial charge on any atom is -0.400 e. The minimum absolute atomic E-state index is 0.437. The zero-order chi connectivity index (χ0) is 16.2. The molecule has 0 rings (SSSR count). The van der Waals surface area contributed by atoms with Gasteiger partial charge in [-0.2, -0.15) is 0 Å². The molecule has 0 aromatic heterocycles. The van der Waals surface area contributed by atoms with Gasteiger partial charge < -0.3 is 30.0 Å². The third-order valence-corrected chi connectivity index (χ3v) is 11.9. The Balaban J connectivity index is 5.30. The second-order valence-corrected chi connectivity index (χ2v) is 11.1. The maximum Gasteiger partial charge on any atom is 0.662 e. The number of hydrogen-bond donors (Lipinski definition) is 0. The lowest BCUT2D eigenvalue weighted by atomic mass is 10.9. The van der Waals surface area contributed by atoms with E-state index in [4.69, 9.17) is 30.0 Å². The first-order chi connectivity index (χ1) is 10.1. The van der Waals surface area contributed by atoms with Crippen molar-refractivity contribution in [1.29, 1.82) is 0 Å². The van der Waals surface area contributed by atoms with Gasteiger partial charge in [0.2, 0.25) is 0 Å². The average Bonchev–Trinajstić information content (AvgIpc) is 2.40. The molecule has 0 amide bonds. The fourth-order valence-corrected chi connectivity index (χ4v) is 11.1. The molecule has 0 N–H and O–H groups in total. The molecule has 0 saturated carbocycles. The van der Waals surface area contributed by atoms with Crippen LogP contribution in [0.15, 0.2) is 0 Å². The molecule has 0 spiro atoms. The van der Waals surface area contributed by atoms with Crippen molar-refractivity contribution in [2.75, 3.05) is 26.4 Å². The molecule has 0 atom stereocenters. The van der Waals surface area contributed by atoms with Gasteiger partial charge in [0.25, 0.3) is 0 Å². The Morgan fingerprint density at radius 1 is 0.619 bits per heavy atom. The lowest BCUT2D eigenvalue weighted by Gasteiger charge is -2.35. The summed E-state index contributed by atoms with van der Waals surface area (Å²) in [6.07, 6.45) is 0. The summed E-state index contributed by atoms with van der Waals surface area (Å²) in [5, 5.41) is 0. The second-order valence-electron chi connectivity index (χ2n) is 3.70. The van der Waals surface area contributed by atoms with Gasteiger partial charge in [0.15, 0.2) is 19.5 Å². The van der Waals surface area contributed by atoms with E-state index in [0.717, 1.165) is 0 Å². The van der Waals surface area contributed by atoms with Gasteiger partial charge in [0, 0.05) is 26.4 Å². The van der Waals surface area contributed by atoms with E-state index in [-0.39, 0.29) is 0 Å². The molecule has 0 aliphatic heterocycles. The van der Waals surface area contributed by atoms with Crippen molar-refractivity contribution in [2.45, 2.75) is 40.8 Å². The molecule has 0 aromatic rings. The Labute approximate surface area is 135 Å². The van der Waals surface area contributed by atoms with Crippen LogP contribution in [-0.2, 0) is 30.0 Å². The van der Waals surface area contributed by atoms with E-state index in [0.29, 0.717) is 26.4 Å². The number of hydrogen-bond acceptors (Lipinski definition) is 7. The highest BCUT2D eigenvalue weighted by Crippen LogP contribution is 2.21. The van der Waals surface area contributed by atoms with Gasteiger partial charge >= 0.3 is 18.1 Å². The monoisotopic (exact) mass is 374 g/mol. The van der Waals surface area contributed by atoms with Gasteiger partial charge in [0.1, 0.15) is 0 Å². The molecule has 21 heavy (non-hydrogen) atoms. The van der Waals surface area contributed by atoms with Crippen molar-refractivity contribution < 1.29 is 30.0 Å². The third kappa shape index (κ3) is 7.60. The lowest BCUT2D eigenvalue weighted by molar-refractivity contribution is -0.0223. The van der Waals surface area contributed by atoms with E-state index >= 15 is 0 Å². The fourth-order valence-electron chi connectivity index (χ4n) is 1.64. The molecule has 128 valence electrons. The molecule has 0 bridgehead atoms. The Morgan fingerprint density at radius 2 is 0.905 bits per heavy atom. The topological polar surface area (TPSA) is 64.6 Å². The molecular formula is C10H30O7Si4. The van der Waals surface area contributed by atoms with Gasteiger partial charge in [-0.1, -0.05) is 13.1 Å². The summed E-state index contributed by atoms with van der Waals surface area (Å²) >= 11 is 0. The first kappa shape index (κ1) is 21.6. The summed E-state index contributed by atoms with van der Waals surface area (Å²) in [4.78, 5) is 0. The highest BCUT2D eigenvalue weighted by atomic mass is 28.5. The summed E-state index contributed by atoms with van der Waals surface area (Å²) in [7, 11) is -8.12. The quantitative estimate of drug-likeness (QED) is 0.406. The van der Waals surface area contributed by atoms with Crippen molar-refractivity contribution in [3.63, 3.8) is 0 Å². The van der Waals surface area contributed by atoms with E-state index in [1.54, 1.807) is 0 Å². The van der Waals surface area contributed by atoms with Gasteiger partial charge in [-0.25, -0.2) is 0 Å². The van der Waals surface area contributed by atoms with Crippen LogP contribution in [0.25, 0.3) is 0 Å². The van der Waals surface area contributed by atoms with Crippen molar-refractivity contribution in [3.05, 3.63) is 0 Å². The summed E-state index contributed by atoms with van der Waals surface area (Å²) in [6, 6.07) is 0. The van der Waals surface area contributed by atoms with E-state index in [2.05, 4.69) is 0 Å². The van der Waals surface area contributed by atoms with Gasteiger partial charge in [-0.15, -0.1) is 0 Å². The third-order valence-electron chi connectivity index (χ3n) is 2.18. The molecule has 0 saturated heterocycles. The van der Waals surface area contributed by atoms with Crippen molar-refractivity contribution in [3.8, 4) is 0 Å². The summed E-state index contributed by atoms with van der Waals surface area (Å²) in [5.41, 5.74) is 0. The molecule has 0 aromatic carbocycles. The predicted molar refractivity (Wildman–Crippen MR) is 90.1 cm³/mol. The van der Waals surface area contributed by atoms with Crippen LogP contribution in [0, 0.1) is 0 Å². The summed E-state index contributed by atoms with van der Waals surface area (Å²) in [5.74, 6) is 0. The first-order valence-corrected chi connectivity index (χ1v) is 14.9. The normalized spacial score (nSPS) is 14.0. The van der Waals surface area contributed by atoms with E-state index in [9.17, 15) is 0 Å². The van der Waals surface area contributed by atoms with Crippen LogP contribution in [0.5, 0.6) is 0 Å². The van der Waals surface area contributed by atoms with Crippen molar-refractivity contribution in [2.24, 2.45) is 0 Å². The van der Waals surface area contributed by atoms with Gasteiger partial charge in [-0.05, 0) is 27.7 Å². The predicted octanol–water partition coefficient (Wildman–Crippen LogP) is 0.317. The standard InChI is InChI=1S/C10H30O7Si4/c1-7-11-20(12-8-2,15-18-5)17-21(13-9-3,14-10-4)16-19-6/h7-10,18-19H2,1-6H3. The molecule has 7 nitrogen and oxygen atoms in total. The molecule has 0 unspecified atom stereocenters. The molecular weight excluding hydrogens is 344 g/mol. The maximum atomic E-state index is 6.08. The van der Waals surface area contributed by atoms with E-state index in [1.165, 1.54) is 0 Å². The molecule has 11 heteroatoms.